The van der Waals surface area contributed by atoms with Crippen LogP contribution in [-0.2, 0) is 0 Å². The number of halogens is 1. The zero-order valence-electron chi connectivity index (χ0n) is 9.96. The van der Waals surface area contributed by atoms with Gasteiger partial charge in [-0.15, -0.1) is 0 Å². The lowest BCUT2D eigenvalue weighted by Crippen LogP contribution is -1.92. The van der Waals surface area contributed by atoms with Gasteiger partial charge < -0.3 is 9.84 Å². The molecule has 0 heterocycles. The van der Waals surface area contributed by atoms with Crippen LogP contribution in [-0.4, -0.2) is 17.1 Å². The molecule has 0 bridgehead atoms. The van der Waals surface area contributed by atoms with E-state index in [1.807, 2.05) is 0 Å². The molecule has 0 radical (unpaired) electrons. The summed E-state index contributed by atoms with van der Waals surface area (Å²) in [5, 5.41) is 20.1. The van der Waals surface area contributed by atoms with Gasteiger partial charge in [-0.05, 0) is 29.8 Å². The van der Waals surface area contributed by atoms with Crippen LogP contribution in [0.2, 0.25) is 0 Å². The van der Waals surface area contributed by atoms with Gasteiger partial charge in [0, 0.05) is 11.6 Å². The number of ether oxygens (including phenoxy) is 1. The maximum Gasteiger partial charge on any atom is 0.311 e. The molecule has 0 saturated heterocycles. The third-order valence-corrected chi connectivity index (χ3v) is 2.66. The molecule has 0 aliphatic heterocycles. The molecule has 98 valence electrons. The summed E-state index contributed by atoms with van der Waals surface area (Å²) in [6.45, 7) is 0. The molecule has 0 aliphatic carbocycles. The maximum absolute atomic E-state index is 13.7. The lowest BCUT2D eigenvalue weighted by atomic mass is 10.0. The van der Waals surface area contributed by atoms with Crippen LogP contribution >= 0.6 is 0 Å². The number of aromatic hydroxyl groups is 1. The highest BCUT2D eigenvalue weighted by Crippen LogP contribution is 2.33. The van der Waals surface area contributed by atoms with E-state index in [9.17, 15) is 19.6 Å². The van der Waals surface area contributed by atoms with E-state index in [-0.39, 0.29) is 5.56 Å². The molecule has 2 rings (SSSR count). The Hall–Kier alpha value is -2.63. The Morgan fingerprint density at radius 1 is 1.26 bits per heavy atom. The molecule has 1 N–H and O–H groups in total. The minimum absolute atomic E-state index is 0.169. The number of hydrogen-bond acceptors (Lipinski definition) is 4. The Balaban J connectivity index is 2.59. The Labute approximate surface area is 108 Å². The van der Waals surface area contributed by atoms with Crippen molar-refractivity contribution in [2.24, 2.45) is 0 Å². The van der Waals surface area contributed by atoms with E-state index in [2.05, 4.69) is 0 Å². The SMILES string of the molecule is COc1ccc(F)c(-c2ccc(O)c([N+](=O)[O-])c2)c1. The van der Waals surface area contributed by atoms with Crippen molar-refractivity contribution in [3.05, 3.63) is 52.3 Å². The standard InChI is InChI=1S/C13H10FNO4/c1-19-9-3-4-11(14)10(7-9)8-2-5-13(16)12(6-8)15(17)18/h2-7,16H,1H3. The molecule has 0 atom stereocenters. The predicted octanol–water partition coefficient (Wildman–Crippen LogP) is 3.12. The largest absolute Gasteiger partial charge is 0.502 e. The van der Waals surface area contributed by atoms with Crippen molar-refractivity contribution < 1.29 is 19.2 Å². The third kappa shape index (κ3) is 2.47. The molecule has 5 nitrogen and oxygen atoms in total. The molecule has 0 saturated carbocycles. The first-order chi connectivity index (χ1) is 9.02. The normalized spacial score (nSPS) is 10.2. The first-order valence-electron chi connectivity index (χ1n) is 5.34. The Morgan fingerprint density at radius 3 is 2.63 bits per heavy atom. The highest BCUT2D eigenvalue weighted by molar-refractivity contribution is 5.70. The number of hydrogen-bond donors (Lipinski definition) is 1. The second-order valence-corrected chi connectivity index (χ2v) is 3.81. The number of benzene rings is 2. The van der Waals surface area contributed by atoms with Crippen molar-refractivity contribution in [2.75, 3.05) is 7.11 Å². The fraction of sp³-hybridized carbons (Fsp3) is 0.0769. The number of nitro groups is 1. The predicted molar refractivity (Wildman–Crippen MR) is 66.7 cm³/mol. The zero-order chi connectivity index (χ0) is 14.0. The summed E-state index contributed by atoms with van der Waals surface area (Å²) in [7, 11) is 1.44. The molecule has 0 amide bonds. The fourth-order valence-electron chi connectivity index (χ4n) is 1.69. The molecular formula is C13H10FNO4. The zero-order valence-corrected chi connectivity index (χ0v) is 9.96. The maximum atomic E-state index is 13.7. The molecule has 0 aromatic heterocycles. The lowest BCUT2D eigenvalue weighted by molar-refractivity contribution is -0.385. The van der Waals surface area contributed by atoms with E-state index >= 15 is 0 Å². The Kier molecular flexibility index (Phi) is 3.33. The molecule has 0 fully saturated rings. The Bertz CT molecular complexity index is 643. The monoisotopic (exact) mass is 263 g/mol. The van der Waals surface area contributed by atoms with Crippen LogP contribution in [0.3, 0.4) is 0 Å². The molecule has 0 spiro atoms. The first-order valence-corrected chi connectivity index (χ1v) is 5.34. The van der Waals surface area contributed by atoms with Crippen LogP contribution < -0.4 is 4.74 Å². The van der Waals surface area contributed by atoms with Gasteiger partial charge in [0.25, 0.3) is 0 Å². The summed E-state index contributed by atoms with van der Waals surface area (Å²) in [4.78, 5) is 10.0. The molecule has 0 unspecified atom stereocenters. The van der Waals surface area contributed by atoms with Crippen molar-refractivity contribution in [3.8, 4) is 22.6 Å². The van der Waals surface area contributed by atoms with Gasteiger partial charge in [-0.1, -0.05) is 6.07 Å². The van der Waals surface area contributed by atoms with Gasteiger partial charge in [0.2, 0.25) is 0 Å². The molecule has 0 aliphatic rings. The molecule has 19 heavy (non-hydrogen) atoms. The van der Waals surface area contributed by atoms with Crippen molar-refractivity contribution in [1.29, 1.82) is 0 Å². The molecular weight excluding hydrogens is 253 g/mol. The summed E-state index contributed by atoms with van der Waals surface area (Å²) in [6.07, 6.45) is 0. The van der Waals surface area contributed by atoms with Gasteiger partial charge in [0.1, 0.15) is 11.6 Å². The average molecular weight is 263 g/mol. The van der Waals surface area contributed by atoms with E-state index in [1.165, 1.54) is 31.4 Å². The van der Waals surface area contributed by atoms with E-state index in [0.717, 1.165) is 12.1 Å². The number of nitrogens with zero attached hydrogens (tertiary/aromatic N) is 1. The molecule has 2 aromatic carbocycles. The fourth-order valence-corrected chi connectivity index (χ4v) is 1.69. The van der Waals surface area contributed by atoms with E-state index in [4.69, 9.17) is 4.74 Å². The van der Waals surface area contributed by atoms with E-state index in [1.54, 1.807) is 0 Å². The molecule has 2 aromatic rings. The Morgan fingerprint density at radius 2 is 2.00 bits per heavy atom. The van der Waals surface area contributed by atoms with Crippen molar-refractivity contribution >= 4 is 5.69 Å². The quantitative estimate of drug-likeness (QED) is 0.682. The average Bonchev–Trinajstić information content (AvgIpc) is 2.40. The lowest BCUT2D eigenvalue weighted by Gasteiger charge is -2.07. The second kappa shape index (κ2) is 4.93. The number of nitro benzene ring substituents is 1. The summed E-state index contributed by atoms with van der Waals surface area (Å²) < 4.78 is 18.7. The van der Waals surface area contributed by atoms with E-state index in [0.29, 0.717) is 11.3 Å². The van der Waals surface area contributed by atoms with Gasteiger partial charge in [0.05, 0.1) is 12.0 Å². The van der Waals surface area contributed by atoms with Gasteiger partial charge in [-0.3, -0.25) is 10.1 Å². The van der Waals surface area contributed by atoms with Gasteiger partial charge in [0.15, 0.2) is 5.75 Å². The summed E-state index contributed by atoms with van der Waals surface area (Å²) in [6, 6.07) is 7.78. The van der Waals surface area contributed by atoms with Crippen LogP contribution in [0.15, 0.2) is 36.4 Å². The van der Waals surface area contributed by atoms with Gasteiger partial charge in [-0.25, -0.2) is 4.39 Å². The number of phenols is 1. The number of methoxy groups -OCH3 is 1. The van der Waals surface area contributed by atoms with Gasteiger partial charge >= 0.3 is 5.69 Å². The first kappa shape index (κ1) is 12.8. The van der Waals surface area contributed by atoms with Crippen LogP contribution in [0.25, 0.3) is 11.1 Å². The molecule has 6 heteroatoms. The number of phenolic OH excluding ortho intramolecular Hbond substituents is 1. The van der Waals surface area contributed by atoms with Crippen LogP contribution in [0.4, 0.5) is 10.1 Å². The van der Waals surface area contributed by atoms with Gasteiger partial charge in [-0.2, -0.15) is 0 Å². The second-order valence-electron chi connectivity index (χ2n) is 3.81. The summed E-state index contributed by atoms with van der Waals surface area (Å²) >= 11 is 0. The summed E-state index contributed by atoms with van der Waals surface area (Å²) in [5.74, 6) is -0.551. The minimum atomic E-state index is -0.725. The number of rotatable bonds is 3. The topological polar surface area (TPSA) is 72.6 Å². The van der Waals surface area contributed by atoms with E-state index < -0.39 is 22.2 Å². The minimum Gasteiger partial charge on any atom is -0.502 e. The highest BCUT2D eigenvalue weighted by atomic mass is 19.1. The van der Waals surface area contributed by atoms with Crippen LogP contribution in [0.5, 0.6) is 11.5 Å². The van der Waals surface area contributed by atoms with Crippen molar-refractivity contribution in [3.63, 3.8) is 0 Å². The summed E-state index contributed by atoms with van der Waals surface area (Å²) in [5.41, 5.74) is -0.0110. The van der Waals surface area contributed by atoms with Crippen molar-refractivity contribution in [1.82, 2.24) is 0 Å². The van der Waals surface area contributed by atoms with Crippen LogP contribution in [0.1, 0.15) is 0 Å². The van der Waals surface area contributed by atoms with Crippen LogP contribution in [0, 0.1) is 15.9 Å². The van der Waals surface area contributed by atoms with Crippen molar-refractivity contribution in [2.45, 2.75) is 0 Å². The smallest absolute Gasteiger partial charge is 0.311 e. The third-order valence-electron chi connectivity index (χ3n) is 2.66. The highest BCUT2D eigenvalue weighted by Gasteiger charge is 2.16.